The van der Waals surface area contributed by atoms with Crippen molar-refractivity contribution in [3.05, 3.63) is 12.7 Å². The maximum Gasteiger partial charge on any atom is 0.0614 e. The average Bonchev–Trinajstić information content (AvgIpc) is 2.50. The molecular weight excluding hydrogens is 148 g/mol. The molecule has 0 spiro atoms. The van der Waals surface area contributed by atoms with Crippen molar-refractivity contribution in [2.24, 2.45) is 0 Å². The molecule has 0 N–H and O–H groups in total. The first-order valence-corrected chi connectivity index (χ1v) is 5.13. The molecule has 1 aliphatic heterocycles. The molecule has 0 unspecified atom stereocenters. The number of hydrogen-bond acceptors (Lipinski definition) is 1. The van der Waals surface area contributed by atoms with Crippen molar-refractivity contribution in [1.29, 1.82) is 0 Å². The van der Waals surface area contributed by atoms with E-state index < -0.39 is 0 Å². The van der Waals surface area contributed by atoms with Crippen LogP contribution in [0.25, 0.3) is 0 Å². The van der Waals surface area contributed by atoms with Gasteiger partial charge in [-0.3, -0.25) is 0 Å². The zero-order chi connectivity index (χ0) is 8.81. The normalized spacial score (nSPS) is 29.1. The van der Waals surface area contributed by atoms with Gasteiger partial charge in [0.05, 0.1) is 12.2 Å². The Balaban J connectivity index is 2.12. The van der Waals surface area contributed by atoms with Gasteiger partial charge in [0, 0.05) is 0 Å². The van der Waals surface area contributed by atoms with Crippen LogP contribution in [0.5, 0.6) is 0 Å². The third-order valence-corrected chi connectivity index (χ3v) is 2.50. The van der Waals surface area contributed by atoms with Gasteiger partial charge in [0.15, 0.2) is 0 Å². The SMILES string of the molecule is C=CC[C@H]1CC[C@H](CCCC)O1. The molecule has 2 atom stereocenters. The molecule has 0 aromatic heterocycles. The van der Waals surface area contributed by atoms with Crippen LogP contribution in [0.15, 0.2) is 12.7 Å². The van der Waals surface area contributed by atoms with E-state index in [0.29, 0.717) is 12.2 Å². The summed E-state index contributed by atoms with van der Waals surface area (Å²) >= 11 is 0. The van der Waals surface area contributed by atoms with Crippen LogP contribution < -0.4 is 0 Å². The lowest BCUT2D eigenvalue weighted by molar-refractivity contribution is 0.0413. The number of ether oxygens (including phenoxy) is 1. The molecule has 0 saturated carbocycles. The van der Waals surface area contributed by atoms with Crippen molar-refractivity contribution in [3.63, 3.8) is 0 Å². The number of hydrogen-bond donors (Lipinski definition) is 0. The van der Waals surface area contributed by atoms with Crippen LogP contribution in [0.2, 0.25) is 0 Å². The molecule has 0 aromatic rings. The lowest BCUT2D eigenvalue weighted by Crippen LogP contribution is -2.09. The summed E-state index contributed by atoms with van der Waals surface area (Å²) < 4.78 is 5.83. The molecule has 1 heterocycles. The number of unbranched alkanes of at least 4 members (excludes halogenated alkanes) is 1. The van der Waals surface area contributed by atoms with Gasteiger partial charge in [-0.05, 0) is 25.7 Å². The third kappa shape index (κ3) is 2.98. The van der Waals surface area contributed by atoms with Crippen molar-refractivity contribution in [2.75, 3.05) is 0 Å². The Hall–Kier alpha value is -0.300. The van der Waals surface area contributed by atoms with E-state index in [9.17, 15) is 0 Å². The highest BCUT2D eigenvalue weighted by molar-refractivity contribution is 4.80. The fourth-order valence-corrected chi connectivity index (χ4v) is 1.78. The van der Waals surface area contributed by atoms with E-state index in [1.54, 1.807) is 0 Å². The Morgan fingerprint density at radius 3 is 2.83 bits per heavy atom. The molecule has 1 saturated heterocycles. The van der Waals surface area contributed by atoms with Crippen LogP contribution in [-0.4, -0.2) is 12.2 Å². The molecular formula is C11H20O. The van der Waals surface area contributed by atoms with E-state index in [0.717, 1.165) is 6.42 Å². The van der Waals surface area contributed by atoms with Gasteiger partial charge in [-0.1, -0.05) is 25.8 Å². The Kier molecular flexibility index (Phi) is 4.37. The molecule has 0 aliphatic carbocycles. The fraction of sp³-hybridized carbons (Fsp3) is 0.818. The minimum absolute atomic E-state index is 0.476. The highest BCUT2D eigenvalue weighted by Crippen LogP contribution is 2.25. The smallest absolute Gasteiger partial charge is 0.0614 e. The highest BCUT2D eigenvalue weighted by Gasteiger charge is 2.23. The second-order valence-corrected chi connectivity index (χ2v) is 3.62. The maximum atomic E-state index is 5.83. The van der Waals surface area contributed by atoms with Gasteiger partial charge in [-0.15, -0.1) is 6.58 Å². The van der Waals surface area contributed by atoms with E-state index in [4.69, 9.17) is 4.74 Å². The van der Waals surface area contributed by atoms with Gasteiger partial charge in [0.1, 0.15) is 0 Å². The Labute approximate surface area is 75.8 Å². The molecule has 70 valence electrons. The first-order chi connectivity index (χ1) is 5.86. The Morgan fingerprint density at radius 1 is 1.42 bits per heavy atom. The van der Waals surface area contributed by atoms with Crippen molar-refractivity contribution in [3.8, 4) is 0 Å². The van der Waals surface area contributed by atoms with Gasteiger partial charge in [0.25, 0.3) is 0 Å². The summed E-state index contributed by atoms with van der Waals surface area (Å²) in [5, 5.41) is 0. The molecule has 1 fully saturated rings. The zero-order valence-corrected chi connectivity index (χ0v) is 8.09. The van der Waals surface area contributed by atoms with E-state index >= 15 is 0 Å². The molecule has 0 amide bonds. The van der Waals surface area contributed by atoms with Gasteiger partial charge in [0.2, 0.25) is 0 Å². The van der Waals surface area contributed by atoms with Crippen LogP contribution in [0.1, 0.15) is 45.4 Å². The molecule has 0 aromatic carbocycles. The van der Waals surface area contributed by atoms with Gasteiger partial charge < -0.3 is 4.74 Å². The van der Waals surface area contributed by atoms with Crippen molar-refractivity contribution < 1.29 is 4.74 Å². The van der Waals surface area contributed by atoms with E-state index in [-0.39, 0.29) is 0 Å². The average molecular weight is 168 g/mol. The van der Waals surface area contributed by atoms with Crippen molar-refractivity contribution in [1.82, 2.24) is 0 Å². The van der Waals surface area contributed by atoms with Gasteiger partial charge in [-0.25, -0.2) is 0 Å². The van der Waals surface area contributed by atoms with Crippen LogP contribution in [0.4, 0.5) is 0 Å². The van der Waals surface area contributed by atoms with Crippen LogP contribution in [0, 0.1) is 0 Å². The van der Waals surface area contributed by atoms with Crippen LogP contribution >= 0.6 is 0 Å². The topological polar surface area (TPSA) is 9.23 Å². The van der Waals surface area contributed by atoms with E-state index in [1.165, 1.54) is 32.1 Å². The molecule has 0 radical (unpaired) electrons. The lowest BCUT2D eigenvalue weighted by atomic mass is 10.1. The summed E-state index contributed by atoms with van der Waals surface area (Å²) in [6.07, 6.45) is 10.4. The summed E-state index contributed by atoms with van der Waals surface area (Å²) in [6, 6.07) is 0. The van der Waals surface area contributed by atoms with Crippen molar-refractivity contribution in [2.45, 2.75) is 57.7 Å². The largest absolute Gasteiger partial charge is 0.375 e. The molecule has 12 heavy (non-hydrogen) atoms. The predicted octanol–water partition coefficient (Wildman–Crippen LogP) is 3.30. The minimum atomic E-state index is 0.476. The second-order valence-electron chi connectivity index (χ2n) is 3.62. The summed E-state index contributed by atoms with van der Waals surface area (Å²) in [6.45, 7) is 5.96. The summed E-state index contributed by atoms with van der Waals surface area (Å²) in [5.41, 5.74) is 0. The quantitative estimate of drug-likeness (QED) is 0.572. The van der Waals surface area contributed by atoms with Gasteiger partial charge >= 0.3 is 0 Å². The van der Waals surface area contributed by atoms with Gasteiger partial charge in [-0.2, -0.15) is 0 Å². The summed E-state index contributed by atoms with van der Waals surface area (Å²) in [5.74, 6) is 0. The lowest BCUT2D eigenvalue weighted by Gasteiger charge is -2.11. The molecule has 0 bridgehead atoms. The zero-order valence-electron chi connectivity index (χ0n) is 8.09. The summed E-state index contributed by atoms with van der Waals surface area (Å²) in [7, 11) is 0. The third-order valence-electron chi connectivity index (χ3n) is 2.50. The minimum Gasteiger partial charge on any atom is -0.375 e. The summed E-state index contributed by atoms with van der Waals surface area (Å²) in [4.78, 5) is 0. The van der Waals surface area contributed by atoms with Crippen molar-refractivity contribution >= 4 is 0 Å². The Morgan fingerprint density at radius 2 is 2.17 bits per heavy atom. The number of rotatable bonds is 5. The first kappa shape index (κ1) is 9.79. The molecule has 1 heteroatoms. The maximum absolute atomic E-state index is 5.83. The Bertz CT molecular complexity index is 131. The fourth-order valence-electron chi connectivity index (χ4n) is 1.78. The predicted molar refractivity (Wildman–Crippen MR) is 52.2 cm³/mol. The van der Waals surface area contributed by atoms with E-state index in [1.807, 2.05) is 6.08 Å². The standard InChI is InChI=1S/C11H20O/c1-3-5-7-11-9-8-10(12-11)6-4-2/h4,10-11H,2-3,5-9H2,1H3/t10-,11-/m0/s1. The monoisotopic (exact) mass is 168 g/mol. The highest BCUT2D eigenvalue weighted by atomic mass is 16.5. The van der Waals surface area contributed by atoms with Crippen LogP contribution in [-0.2, 0) is 4.74 Å². The second kappa shape index (κ2) is 5.36. The molecule has 1 nitrogen and oxygen atoms in total. The first-order valence-electron chi connectivity index (χ1n) is 5.13. The molecule has 1 rings (SSSR count). The van der Waals surface area contributed by atoms with E-state index in [2.05, 4.69) is 13.5 Å². The molecule has 1 aliphatic rings. The van der Waals surface area contributed by atoms with Crippen LogP contribution in [0.3, 0.4) is 0 Å².